The second-order valence-electron chi connectivity index (χ2n) is 9.03. The third-order valence-electron chi connectivity index (χ3n) is 6.76. The number of rotatable bonds is 5. The SMILES string of the molecule is CC1CC[NH+]([C@@H](c2ccc(N(C)C)cc2)c2nnnn2C2CCCCC2)CC1. The molecule has 2 aromatic rings. The van der Waals surface area contributed by atoms with Crippen LogP contribution in [0.25, 0.3) is 0 Å². The Morgan fingerprint density at radius 2 is 1.68 bits per heavy atom. The van der Waals surface area contributed by atoms with Gasteiger partial charge in [-0.25, -0.2) is 4.68 Å². The zero-order valence-electron chi connectivity index (χ0n) is 17.6. The van der Waals surface area contributed by atoms with E-state index in [2.05, 4.69) is 70.4 Å². The van der Waals surface area contributed by atoms with Crippen molar-refractivity contribution >= 4 is 5.69 Å². The van der Waals surface area contributed by atoms with Crippen molar-refractivity contribution in [3.63, 3.8) is 0 Å². The van der Waals surface area contributed by atoms with Gasteiger partial charge in [0, 0.05) is 25.3 Å². The first-order valence-electron chi connectivity index (χ1n) is 11.0. The van der Waals surface area contributed by atoms with E-state index in [1.54, 1.807) is 4.90 Å². The molecule has 1 aliphatic heterocycles. The minimum atomic E-state index is 0.223. The highest BCUT2D eigenvalue weighted by Gasteiger charge is 2.35. The first-order chi connectivity index (χ1) is 13.6. The van der Waals surface area contributed by atoms with Gasteiger partial charge in [0.25, 0.3) is 0 Å². The molecule has 2 heterocycles. The Hall–Kier alpha value is -1.95. The summed E-state index contributed by atoms with van der Waals surface area (Å²) in [7, 11) is 4.18. The average Bonchev–Trinajstić information content (AvgIpc) is 3.20. The van der Waals surface area contributed by atoms with Crippen molar-refractivity contribution < 1.29 is 4.90 Å². The van der Waals surface area contributed by atoms with Crippen molar-refractivity contribution in [3.05, 3.63) is 35.7 Å². The van der Waals surface area contributed by atoms with E-state index in [-0.39, 0.29) is 6.04 Å². The number of hydrogen-bond acceptors (Lipinski definition) is 4. The van der Waals surface area contributed by atoms with Crippen molar-refractivity contribution in [3.8, 4) is 0 Å². The molecule has 1 aromatic heterocycles. The van der Waals surface area contributed by atoms with Crippen LogP contribution in [0.5, 0.6) is 0 Å². The topological polar surface area (TPSA) is 51.3 Å². The Morgan fingerprint density at radius 3 is 2.32 bits per heavy atom. The number of quaternary nitrogens is 1. The monoisotopic (exact) mass is 383 g/mol. The van der Waals surface area contributed by atoms with Gasteiger partial charge in [0.15, 0.2) is 6.04 Å². The summed E-state index contributed by atoms with van der Waals surface area (Å²) >= 11 is 0. The van der Waals surface area contributed by atoms with E-state index in [1.165, 1.54) is 69.3 Å². The van der Waals surface area contributed by atoms with Gasteiger partial charge < -0.3 is 9.80 Å². The zero-order chi connectivity index (χ0) is 19.5. The molecule has 6 heteroatoms. The highest BCUT2D eigenvalue weighted by molar-refractivity contribution is 5.46. The third kappa shape index (κ3) is 4.07. The zero-order valence-corrected chi connectivity index (χ0v) is 17.6. The first-order valence-corrected chi connectivity index (χ1v) is 11.0. The molecule has 4 rings (SSSR count). The maximum absolute atomic E-state index is 4.59. The lowest BCUT2D eigenvalue weighted by Gasteiger charge is -2.34. The van der Waals surface area contributed by atoms with E-state index >= 15 is 0 Å². The molecule has 0 bridgehead atoms. The second-order valence-corrected chi connectivity index (χ2v) is 9.03. The van der Waals surface area contributed by atoms with Gasteiger partial charge in [0.1, 0.15) is 0 Å². The lowest BCUT2D eigenvalue weighted by Crippen LogP contribution is -3.13. The number of nitrogens with one attached hydrogen (secondary N) is 1. The molecule has 0 radical (unpaired) electrons. The first kappa shape index (κ1) is 19.4. The fraction of sp³-hybridized carbons (Fsp3) is 0.682. The van der Waals surface area contributed by atoms with E-state index < -0.39 is 0 Å². The Labute approximate surface area is 168 Å². The van der Waals surface area contributed by atoms with Crippen LogP contribution in [-0.2, 0) is 0 Å². The molecule has 28 heavy (non-hydrogen) atoms. The highest BCUT2D eigenvalue weighted by Crippen LogP contribution is 2.30. The Kier molecular flexibility index (Phi) is 5.95. The van der Waals surface area contributed by atoms with Gasteiger partial charge in [0.2, 0.25) is 5.82 Å². The summed E-state index contributed by atoms with van der Waals surface area (Å²) in [5, 5.41) is 13.2. The standard InChI is InChI=1S/C22H34N6/c1-17-13-15-27(16-14-17)21(18-9-11-19(12-10-18)26(2)3)22-23-24-25-28(22)20-7-5-4-6-8-20/h9-12,17,20-21H,4-8,13-16H2,1-3H3/p+1/t21-/m0/s1. The quantitative estimate of drug-likeness (QED) is 0.862. The number of aromatic nitrogens is 4. The number of benzene rings is 1. The summed E-state index contributed by atoms with van der Waals surface area (Å²) in [4.78, 5) is 3.77. The molecule has 2 aliphatic rings. The number of likely N-dealkylation sites (tertiary alicyclic amines) is 1. The summed E-state index contributed by atoms with van der Waals surface area (Å²) in [5.74, 6) is 1.89. The predicted molar refractivity (Wildman–Crippen MR) is 112 cm³/mol. The van der Waals surface area contributed by atoms with Crippen LogP contribution in [-0.4, -0.2) is 47.4 Å². The maximum atomic E-state index is 4.59. The van der Waals surface area contributed by atoms with Gasteiger partial charge in [-0.15, -0.1) is 5.10 Å². The Morgan fingerprint density at radius 1 is 1.00 bits per heavy atom. The number of hydrogen-bond donors (Lipinski definition) is 1. The van der Waals surface area contributed by atoms with E-state index in [4.69, 9.17) is 0 Å². The molecule has 1 aromatic carbocycles. The molecule has 0 unspecified atom stereocenters. The molecular formula is C22H35N6+. The highest BCUT2D eigenvalue weighted by atomic mass is 15.6. The largest absolute Gasteiger partial charge is 0.378 e. The van der Waals surface area contributed by atoms with E-state index in [9.17, 15) is 0 Å². The van der Waals surface area contributed by atoms with Gasteiger partial charge in [-0.05, 0) is 54.2 Å². The van der Waals surface area contributed by atoms with Crippen molar-refractivity contribution in [1.82, 2.24) is 20.2 Å². The van der Waals surface area contributed by atoms with Gasteiger partial charge in [-0.1, -0.05) is 38.3 Å². The summed E-state index contributed by atoms with van der Waals surface area (Å²) in [6.07, 6.45) is 8.91. The molecule has 1 N–H and O–H groups in total. The molecule has 0 spiro atoms. The number of anilines is 1. The predicted octanol–water partition coefficient (Wildman–Crippen LogP) is 2.65. The molecule has 1 atom stereocenters. The lowest BCUT2D eigenvalue weighted by molar-refractivity contribution is -0.932. The fourth-order valence-electron chi connectivity index (χ4n) is 4.93. The van der Waals surface area contributed by atoms with Gasteiger partial charge in [-0.2, -0.15) is 0 Å². The second kappa shape index (κ2) is 8.60. The van der Waals surface area contributed by atoms with Crippen LogP contribution in [0.3, 0.4) is 0 Å². The molecule has 2 fully saturated rings. The Balaban J connectivity index is 1.68. The van der Waals surface area contributed by atoms with E-state index in [0.717, 1.165) is 11.7 Å². The number of nitrogens with zero attached hydrogens (tertiary/aromatic N) is 5. The number of tetrazole rings is 1. The van der Waals surface area contributed by atoms with Crippen molar-refractivity contribution in [2.75, 3.05) is 32.1 Å². The van der Waals surface area contributed by atoms with Crippen LogP contribution in [0.4, 0.5) is 5.69 Å². The third-order valence-corrected chi connectivity index (χ3v) is 6.76. The maximum Gasteiger partial charge on any atom is 0.214 e. The summed E-state index contributed by atoms with van der Waals surface area (Å²) < 4.78 is 2.18. The van der Waals surface area contributed by atoms with E-state index in [1.807, 2.05) is 0 Å². The minimum Gasteiger partial charge on any atom is -0.378 e. The lowest BCUT2D eigenvalue weighted by atomic mass is 9.93. The van der Waals surface area contributed by atoms with Gasteiger partial charge in [-0.3, -0.25) is 0 Å². The van der Waals surface area contributed by atoms with Crippen LogP contribution < -0.4 is 9.80 Å². The molecule has 1 saturated heterocycles. The summed E-state index contributed by atoms with van der Waals surface area (Å²) in [5.41, 5.74) is 2.57. The van der Waals surface area contributed by atoms with Crippen molar-refractivity contribution in [2.24, 2.45) is 5.92 Å². The van der Waals surface area contributed by atoms with Gasteiger partial charge in [0.05, 0.1) is 19.1 Å². The van der Waals surface area contributed by atoms with Crippen LogP contribution in [0.15, 0.2) is 24.3 Å². The molecule has 6 nitrogen and oxygen atoms in total. The van der Waals surface area contributed by atoms with Crippen LogP contribution >= 0.6 is 0 Å². The molecule has 1 saturated carbocycles. The normalized spacial score (nSPS) is 24.8. The molecular weight excluding hydrogens is 348 g/mol. The number of piperidine rings is 1. The van der Waals surface area contributed by atoms with E-state index in [0.29, 0.717) is 6.04 Å². The van der Waals surface area contributed by atoms with Crippen LogP contribution in [0, 0.1) is 5.92 Å². The summed E-state index contributed by atoms with van der Waals surface area (Å²) in [6.45, 7) is 4.77. The summed E-state index contributed by atoms with van der Waals surface area (Å²) in [6, 6.07) is 9.70. The van der Waals surface area contributed by atoms with Crippen molar-refractivity contribution in [2.45, 2.75) is 64.0 Å². The van der Waals surface area contributed by atoms with Crippen molar-refractivity contribution in [1.29, 1.82) is 0 Å². The smallest absolute Gasteiger partial charge is 0.214 e. The molecule has 0 amide bonds. The Bertz CT molecular complexity index is 739. The average molecular weight is 384 g/mol. The molecule has 1 aliphatic carbocycles. The molecule has 152 valence electrons. The fourth-order valence-corrected chi connectivity index (χ4v) is 4.93. The van der Waals surface area contributed by atoms with Gasteiger partial charge >= 0.3 is 0 Å². The van der Waals surface area contributed by atoms with Crippen LogP contribution in [0.1, 0.15) is 75.3 Å². The van der Waals surface area contributed by atoms with Crippen LogP contribution in [0.2, 0.25) is 0 Å². The minimum absolute atomic E-state index is 0.223.